The highest BCUT2D eigenvalue weighted by molar-refractivity contribution is 4.83. The van der Waals surface area contributed by atoms with Gasteiger partial charge in [0.1, 0.15) is 0 Å². The van der Waals surface area contributed by atoms with E-state index in [0.717, 1.165) is 23.7 Å². The lowest BCUT2D eigenvalue weighted by Crippen LogP contribution is -2.47. The normalized spacial score (nSPS) is 36.5. The summed E-state index contributed by atoms with van der Waals surface area (Å²) in [6, 6.07) is 0. The summed E-state index contributed by atoms with van der Waals surface area (Å²) in [7, 11) is 0. The van der Waals surface area contributed by atoms with Crippen molar-refractivity contribution in [2.24, 2.45) is 23.7 Å². The van der Waals surface area contributed by atoms with Crippen LogP contribution in [0.15, 0.2) is 0 Å². The first-order valence-electron chi connectivity index (χ1n) is 8.02. The van der Waals surface area contributed by atoms with Gasteiger partial charge in [0, 0.05) is 19.6 Å². The molecule has 2 unspecified atom stereocenters. The van der Waals surface area contributed by atoms with Crippen molar-refractivity contribution >= 4 is 0 Å². The zero-order chi connectivity index (χ0) is 11.7. The van der Waals surface area contributed by atoms with Crippen molar-refractivity contribution in [1.82, 2.24) is 4.90 Å². The molecule has 1 saturated heterocycles. The van der Waals surface area contributed by atoms with E-state index in [1.807, 2.05) is 0 Å². The molecule has 0 radical (unpaired) electrons. The van der Waals surface area contributed by atoms with Gasteiger partial charge in [0.15, 0.2) is 0 Å². The fraction of sp³-hybridized carbons (Fsp3) is 1.00. The van der Waals surface area contributed by atoms with Crippen LogP contribution in [-0.4, -0.2) is 24.5 Å². The summed E-state index contributed by atoms with van der Waals surface area (Å²) >= 11 is 0. The summed E-state index contributed by atoms with van der Waals surface area (Å²) in [6.07, 6.45) is 12.3. The molecular formula is C16H29N. The molecule has 0 bridgehead atoms. The predicted molar refractivity (Wildman–Crippen MR) is 73.0 cm³/mol. The average Bonchev–Trinajstić information content (AvgIpc) is 2.22. The van der Waals surface area contributed by atoms with Gasteiger partial charge in [0.05, 0.1) is 0 Å². The van der Waals surface area contributed by atoms with Gasteiger partial charge >= 0.3 is 0 Å². The van der Waals surface area contributed by atoms with Crippen LogP contribution in [0.25, 0.3) is 0 Å². The molecule has 2 saturated carbocycles. The van der Waals surface area contributed by atoms with Crippen LogP contribution in [0, 0.1) is 23.7 Å². The number of rotatable bonds is 4. The lowest BCUT2D eigenvalue weighted by Gasteiger charge is -2.42. The van der Waals surface area contributed by atoms with Gasteiger partial charge in [-0.25, -0.2) is 0 Å². The number of hydrogen-bond donors (Lipinski definition) is 0. The molecule has 1 heterocycles. The second kappa shape index (κ2) is 5.30. The van der Waals surface area contributed by atoms with Crippen molar-refractivity contribution in [2.45, 2.75) is 58.3 Å². The monoisotopic (exact) mass is 235 g/mol. The van der Waals surface area contributed by atoms with E-state index in [4.69, 9.17) is 0 Å². The van der Waals surface area contributed by atoms with E-state index < -0.39 is 0 Å². The van der Waals surface area contributed by atoms with E-state index in [9.17, 15) is 0 Å². The van der Waals surface area contributed by atoms with Gasteiger partial charge in [-0.2, -0.15) is 0 Å². The summed E-state index contributed by atoms with van der Waals surface area (Å²) in [4.78, 5) is 2.70. The van der Waals surface area contributed by atoms with Gasteiger partial charge < -0.3 is 4.90 Å². The van der Waals surface area contributed by atoms with E-state index in [0.29, 0.717) is 0 Å². The van der Waals surface area contributed by atoms with Crippen LogP contribution in [0.1, 0.15) is 58.3 Å². The smallest absolute Gasteiger partial charge is 0.00195 e. The molecule has 0 aromatic carbocycles. The Morgan fingerprint density at radius 1 is 0.882 bits per heavy atom. The molecule has 1 nitrogen and oxygen atoms in total. The molecule has 3 rings (SSSR count). The number of hydrogen-bond acceptors (Lipinski definition) is 1. The molecule has 1 heteroatoms. The van der Waals surface area contributed by atoms with Gasteiger partial charge in [0.2, 0.25) is 0 Å². The van der Waals surface area contributed by atoms with Crippen molar-refractivity contribution in [1.29, 1.82) is 0 Å². The molecule has 0 aromatic heterocycles. The Hall–Kier alpha value is -0.0400. The Bertz CT molecular complexity index is 240. The number of nitrogens with zero attached hydrogens (tertiary/aromatic N) is 1. The van der Waals surface area contributed by atoms with E-state index in [-0.39, 0.29) is 0 Å². The molecule has 3 aliphatic rings. The highest BCUT2D eigenvalue weighted by Gasteiger charge is 2.30. The largest absolute Gasteiger partial charge is 0.302 e. The fourth-order valence-electron chi connectivity index (χ4n) is 4.32. The van der Waals surface area contributed by atoms with Crippen LogP contribution in [0.2, 0.25) is 0 Å². The van der Waals surface area contributed by atoms with Crippen molar-refractivity contribution in [3.8, 4) is 0 Å². The van der Waals surface area contributed by atoms with Crippen LogP contribution >= 0.6 is 0 Å². The topological polar surface area (TPSA) is 3.24 Å². The Kier molecular flexibility index (Phi) is 3.75. The summed E-state index contributed by atoms with van der Waals surface area (Å²) in [6.45, 7) is 6.57. The van der Waals surface area contributed by atoms with Crippen molar-refractivity contribution in [3.63, 3.8) is 0 Å². The average molecular weight is 235 g/mol. The number of likely N-dealkylation sites (tertiary alicyclic amines) is 1. The highest BCUT2D eigenvalue weighted by Crippen LogP contribution is 2.39. The molecule has 0 aromatic rings. The zero-order valence-electron chi connectivity index (χ0n) is 11.5. The van der Waals surface area contributed by atoms with Crippen LogP contribution in [0.4, 0.5) is 0 Å². The molecule has 3 fully saturated rings. The SMILES string of the molecule is CC1CN(CC2CCCC(CC3CCC3)C2)C1. The summed E-state index contributed by atoms with van der Waals surface area (Å²) in [5.74, 6) is 4.24. The van der Waals surface area contributed by atoms with E-state index in [2.05, 4.69) is 11.8 Å². The lowest BCUT2D eigenvalue weighted by molar-refractivity contribution is 0.0710. The maximum Gasteiger partial charge on any atom is 0.00195 e. The highest BCUT2D eigenvalue weighted by atomic mass is 15.2. The maximum atomic E-state index is 2.70. The molecule has 2 atom stereocenters. The second-order valence-corrected chi connectivity index (χ2v) is 7.26. The molecule has 1 aliphatic heterocycles. The minimum atomic E-state index is 0.976. The third-order valence-electron chi connectivity index (χ3n) is 5.44. The predicted octanol–water partition coefficient (Wildman–Crippen LogP) is 3.93. The minimum absolute atomic E-state index is 0.976. The first-order valence-corrected chi connectivity index (χ1v) is 8.02. The van der Waals surface area contributed by atoms with Crippen molar-refractivity contribution in [2.75, 3.05) is 19.6 Å². The van der Waals surface area contributed by atoms with E-state index in [1.165, 1.54) is 38.9 Å². The quantitative estimate of drug-likeness (QED) is 0.713. The van der Waals surface area contributed by atoms with Crippen molar-refractivity contribution < 1.29 is 0 Å². The molecule has 17 heavy (non-hydrogen) atoms. The van der Waals surface area contributed by atoms with E-state index in [1.54, 1.807) is 32.1 Å². The lowest BCUT2D eigenvalue weighted by atomic mass is 9.72. The van der Waals surface area contributed by atoms with Gasteiger partial charge in [-0.05, 0) is 42.9 Å². The first-order chi connectivity index (χ1) is 8.29. The Labute approximate surface area is 107 Å². The van der Waals surface area contributed by atoms with Crippen molar-refractivity contribution in [3.05, 3.63) is 0 Å². The van der Waals surface area contributed by atoms with Crippen LogP contribution < -0.4 is 0 Å². The van der Waals surface area contributed by atoms with Crippen LogP contribution in [-0.2, 0) is 0 Å². The third-order valence-corrected chi connectivity index (χ3v) is 5.44. The second-order valence-electron chi connectivity index (χ2n) is 7.26. The van der Waals surface area contributed by atoms with Crippen LogP contribution in [0.5, 0.6) is 0 Å². The van der Waals surface area contributed by atoms with Gasteiger partial charge in [-0.15, -0.1) is 0 Å². The molecule has 98 valence electrons. The summed E-state index contributed by atoms with van der Waals surface area (Å²) in [5.41, 5.74) is 0. The summed E-state index contributed by atoms with van der Waals surface area (Å²) < 4.78 is 0. The van der Waals surface area contributed by atoms with Gasteiger partial charge in [-0.3, -0.25) is 0 Å². The first kappa shape index (κ1) is 12.0. The third kappa shape index (κ3) is 3.05. The van der Waals surface area contributed by atoms with Gasteiger partial charge in [0.25, 0.3) is 0 Å². The Balaban J connectivity index is 1.39. The molecular weight excluding hydrogens is 206 g/mol. The fourth-order valence-corrected chi connectivity index (χ4v) is 4.32. The van der Waals surface area contributed by atoms with Crippen LogP contribution in [0.3, 0.4) is 0 Å². The summed E-state index contributed by atoms with van der Waals surface area (Å²) in [5, 5.41) is 0. The van der Waals surface area contributed by atoms with Gasteiger partial charge in [-0.1, -0.05) is 39.0 Å². The standard InChI is InChI=1S/C16H29N/c1-13-10-17(11-13)12-16-7-3-6-15(9-16)8-14-4-2-5-14/h13-16H,2-12H2,1H3. The maximum absolute atomic E-state index is 2.70. The molecule has 0 amide bonds. The zero-order valence-corrected chi connectivity index (χ0v) is 11.5. The molecule has 0 spiro atoms. The molecule has 2 aliphatic carbocycles. The minimum Gasteiger partial charge on any atom is -0.302 e. The Morgan fingerprint density at radius 3 is 2.18 bits per heavy atom. The Morgan fingerprint density at radius 2 is 1.53 bits per heavy atom. The van der Waals surface area contributed by atoms with E-state index >= 15 is 0 Å². The molecule has 0 N–H and O–H groups in total.